The van der Waals surface area contributed by atoms with Crippen LogP contribution in [0.2, 0.25) is 0 Å². The van der Waals surface area contributed by atoms with Gasteiger partial charge in [0.15, 0.2) is 0 Å². The van der Waals surface area contributed by atoms with Crippen molar-refractivity contribution < 1.29 is 9.47 Å². The van der Waals surface area contributed by atoms with Crippen LogP contribution >= 0.6 is 0 Å². The van der Waals surface area contributed by atoms with Crippen molar-refractivity contribution in [3.8, 4) is 17.6 Å². The van der Waals surface area contributed by atoms with Crippen LogP contribution in [0.5, 0.6) is 11.5 Å². The minimum atomic E-state index is 0.655. The number of nitriles is 1. The Morgan fingerprint density at radius 3 is 1.62 bits per heavy atom. The van der Waals surface area contributed by atoms with Gasteiger partial charge in [-0.1, -0.05) is 12.1 Å². The second-order valence-corrected chi connectivity index (χ2v) is 4.57. The summed E-state index contributed by atoms with van der Waals surface area (Å²) in [6.07, 6.45) is 0. The van der Waals surface area contributed by atoms with E-state index in [0.717, 1.165) is 28.2 Å². The molecular formula is C18H17NO2. The van der Waals surface area contributed by atoms with E-state index in [1.165, 1.54) is 0 Å². The monoisotopic (exact) mass is 279 g/mol. The van der Waals surface area contributed by atoms with Crippen molar-refractivity contribution in [1.29, 1.82) is 5.26 Å². The quantitative estimate of drug-likeness (QED) is 0.623. The molecule has 106 valence electrons. The molecule has 0 radical (unpaired) electrons. The fourth-order valence-corrected chi connectivity index (χ4v) is 2.11. The van der Waals surface area contributed by atoms with E-state index in [4.69, 9.17) is 9.47 Å². The first-order valence-corrected chi connectivity index (χ1v) is 6.59. The molecule has 0 aliphatic carbocycles. The van der Waals surface area contributed by atoms with Crippen LogP contribution in [0.3, 0.4) is 0 Å². The lowest BCUT2D eigenvalue weighted by atomic mass is 9.96. The Hall–Kier alpha value is -2.73. The number of benzene rings is 2. The molecule has 0 atom stereocenters. The number of hydrogen-bond acceptors (Lipinski definition) is 3. The highest BCUT2D eigenvalue weighted by Gasteiger charge is 2.08. The maximum Gasteiger partial charge on any atom is 0.118 e. The van der Waals surface area contributed by atoms with E-state index in [1.54, 1.807) is 14.2 Å². The van der Waals surface area contributed by atoms with Gasteiger partial charge in [-0.2, -0.15) is 5.26 Å². The summed E-state index contributed by atoms with van der Waals surface area (Å²) in [5.74, 6) is 1.58. The van der Waals surface area contributed by atoms with Crippen molar-refractivity contribution >= 4 is 11.1 Å². The van der Waals surface area contributed by atoms with Gasteiger partial charge in [0.1, 0.15) is 17.6 Å². The molecule has 0 saturated carbocycles. The second kappa shape index (κ2) is 6.62. The zero-order valence-electron chi connectivity index (χ0n) is 12.4. The molecule has 2 aromatic carbocycles. The number of hydrogen-bond donors (Lipinski definition) is 0. The normalized spacial score (nSPS) is 11.3. The highest BCUT2D eigenvalue weighted by Crippen LogP contribution is 2.27. The van der Waals surface area contributed by atoms with Crippen molar-refractivity contribution in [1.82, 2.24) is 0 Å². The van der Waals surface area contributed by atoms with E-state index in [-0.39, 0.29) is 0 Å². The van der Waals surface area contributed by atoms with Gasteiger partial charge in [0.05, 0.1) is 19.8 Å². The largest absolute Gasteiger partial charge is 0.497 e. The predicted molar refractivity (Wildman–Crippen MR) is 84.1 cm³/mol. The van der Waals surface area contributed by atoms with Crippen LogP contribution in [0.1, 0.15) is 18.1 Å². The molecule has 0 spiro atoms. The topological polar surface area (TPSA) is 42.2 Å². The molecule has 0 N–H and O–H groups in total. The minimum absolute atomic E-state index is 0.655. The summed E-state index contributed by atoms with van der Waals surface area (Å²) in [6, 6.07) is 17.5. The van der Waals surface area contributed by atoms with Gasteiger partial charge in [0.2, 0.25) is 0 Å². The van der Waals surface area contributed by atoms with E-state index >= 15 is 0 Å². The summed E-state index contributed by atoms with van der Waals surface area (Å²) in [5, 5.41) is 9.47. The molecular weight excluding hydrogens is 262 g/mol. The summed E-state index contributed by atoms with van der Waals surface area (Å²) >= 11 is 0. The van der Waals surface area contributed by atoms with Crippen LogP contribution in [0.4, 0.5) is 0 Å². The Balaban J connectivity index is 2.42. The molecule has 0 fully saturated rings. The van der Waals surface area contributed by atoms with Crippen molar-refractivity contribution in [2.45, 2.75) is 6.92 Å². The van der Waals surface area contributed by atoms with Gasteiger partial charge >= 0.3 is 0 Å². The molecule has 2 aromatic rings. The third-order valence-electron chi connectivity index (χ3n) is 3.39. The molecule has 0 aliphatic heterocycles. The fraction of sp³-hybridized carbons (Fsp3) is 0.167. The first-order valence-electron chi connectivity index (χ1n) is 6.59. The molecule has 0 heterocycles. The van der Waals surface area contributed by atoms with E-state index < -0.39 is 0 Å². The van der Waals surface area contributed by atoms with Crippen molar-refractivity contribution in [3.05, 3.63) is 59.7 Å². The number of methoxy groups -OCH3 is 2. The van der Waals surface area contributed by atoms with Gasteiger partial charge in [-0.15, -0.1) is 0 Å². The summed E-state index contributed by atoms with van der Waals surface area (Å²) in [5.41, 5.74) is 3.47. The lowest BCUT2D eigenvalue weighted by Crippen LogP contribution is -1.90. The zero-order valence-corrected chi connectivity index (χ0v) is 12.4. The fourth-order valence-electron chi connectivity index (χ4n) is 2.11. The first-order chi connectivity index (χ1) is 10.2. The van der Waals surface area contributed by atoms with Gasteiger partial charge < -0.3 is 9.47 Å². The SMILES string of the molecule is COc1ccc(/C(C)=C(/C#N)c2ccc(OC)cc2)cc1. The minimum Gasteiger partial charge on any atom is -0.497 e. The van der Waals surface area contributed by atoms with Gasteiger partial charge in [0, 0.05) is 0 Å². The first kappa shape index (κ1) is 14.7. The number of ether oxygens (including phenoxy) is 2. The number of rotatable bonds is 4. The number of allylic oxidation sites excluding steroid dienone is 2. The third kappa shape index (κ3) is 3.24. The van der Waals surface area contributed by atoms with Crippen molar-refractivity contribution in [2.24, 2.45) is 0 Å². The zero-order chi connectivity index (χ0) is 15.2. The Morgan fingerprint density at radius 2 is 1.24 bits per heavy atom. The number of nitrogens with zero attached hydrogens (tertiary/aromatic N) is 1. The summed E-state index contributed by atoms with van der Waals surface area (Å²) in [7, 11) is 3.26. The van der Waals surface area contributed by atoms with Crippen molar-refractivity contribution in [2.75, 3.05) is 14.2 Å². The molecule has 0 aromatic heterocycles. The standard InChI is InChI=1S/C18H17NO2/c1-13(14-4-8-16(20-2)9-5-14)18(12-19)15-6-10-17(21-3)11-7-15/h4-11H,1-3H3/b18-13-. The van der Waals surface area contributed by atoms with Crippen LogP contribution in [-0.2, 0) is 0 Å². The third-order valence-corrected chi connectivity index (χ3v) is 3.39. The molecule has 0 amide bonds. The Morgan fingerprint density at radius 1 is 0.810 bits per heavy atom. The highest BCUT2D eigenvalue weighted by molar-refractivity contribution is 5.96. The Bertz CT molecular complexity index is 677. The van der Waals surface area contributed by atoms with E-state index in [1.807, 2.05) is 55.5 Å². The van der Waals surface area contributed by atoms with Crippen LogP contribution < -0.4 is 9.47 Å². The van der Waals surface area contributed by atoms with Gasteiger partial charge in [-0.05, 0) is 60.0 Å². The van der Waals surface area contributed by atoms with Crippen LogP contribution in [0.15, 0.2) is 48.5 Å². The molecule has 0 saturated heterocycles. The van der Waals surface area contributed by atoms with E-state index in [9.17, 15) is 5.26 Å². The predicted octanol–water partition coefficient (Wildman–Crippen LogP) is 4.16. The van der Waals surface area contributed by atoms with E-state index in [2.05, 4.69) is 6.07 Å². The lowest BCUT2D eigenvalue weighted by Gasteiger charge is -2.08. The lowest BCUT2D eigenvalue weighted by molar-refractivity contribution is 0.414. The smallest absolute Gasteiger partial charge is 0.118 e. The highest BCUT2D eigenvalue weighted by atomic mass is 16.5. The molecule has 0 bridgehead atoms. The molecule has 21 heavy (non-hydrogen) atoms. The molecule has 3 nitrogen and oxygen atoms in total. The van der Waals surface area contributed by atoms with Crippen LogP contribution in [0, 0.1) is 11.3 Å². The summed E-state index contributed by atoms with van der Waals surface area (Å²) < 4.78 is 10.3. The second-order valence-electron chi connectivity index (χ2n) is 4.57. The van der Waals surface area contributed by atoms with E-state index in [0.29, 0.717) is 5.57 Å². The van der Waals surface area contributed by atoms with Crippen LogP contribution in [0.25, 0.3) is 11.1 Å². The average molecular weight is 279 g/mol. The maximum atomic E-state index is 9.47. The van der Waals surface area contributed by atoms with Gasteiger partial charge in [0.25, 0.3) is 0 Å². The summed E-state index contributed by atoms with van der Waals surface area (Å²) in [6.45, 7) is 1.95. The van der Waals surface area contributed by atoms with Gasteiger partial charge in [-0.3, -0.25) is 0 Å². The molecule has 3 heteroatoms. The van der Waals surface area contributed by atoms with Gasteiger partial charge in [-0.25, -0.2) is 0 Å². The molecule has 2 rings (SSSR count). The molecule has 0 aliphatic rings. The summed E-state index contributed by atoms with van der Waals surface area (Å²) in [4.78, 5) is 0. The Labute approximate surface area is 125 Å². The van der Waals surface area contributed by atoms with Crippen molar-refractivity contribution in [3.63, 3.8) is 0 Å². The Kier molecular flexibility index (Phi) is 4.63. The molecule has 0 unspecified atom stereocenters. The maximum absolute atomic E-state index is 9.47. The van der Waals surface area contributed by atoms with Crippen LogP contribution in [-0.4, -0.2) is 14.2 Å². The average Bonchev–Trinajstić information content (AvgIpc) is 2.56.